The minimum absolute atomic E-state index is 0.168. The number of hydrazine groups is 1. The molecule has 6 nitrogen and oxygen atoms in total. The number of carbonyl (C=O) groups excluding carboxylic acids is 2. The van der Waals surface area contributed by atoms with Crippen LogP contribution >= 0.6 is 35.4 Å². The third-order valence-corrected chi connectivity index (χ3v) is 4.65. The second-order valence-corrected chi connectivity index (χ2v) is 7.31. The molecule has 9 heteroatoms. The van der Waals surface area contributed by atoms with Crippen LogP contribution in [0.2, 0.25) is 10.0 Å². The molecule has 0 aromatic heterocycles. The highest BCUT2D eigenvalue weighted by molar-refractivity contribution is 7.80. The van der Waals surface area contributed by atoms with Gasteiger partial charge in [-0.2, -0.15) is 0 Å². The molecule has 4 N–H and O–H groups in total. The average molecular weight is 459 g/mol. The van der Waals surface area contributed by atoms with E-state index < -0.39 is 5.91 Å². The van der Waals surface area contributed by atoms with Crippen molar-refractivity contribution < 1.29 is 9.59 Å². The molecule has 0 unspecified atom stereocenters. The van der Waals surface area contributed by atoms with Crippen LogP contribution in [0.25, 0.3) is 0 Å². The third kappa shape index (κ3) is 5.93. The second-order valence-electron chi connectivity index (χ2n) is 6.06. The number of para-hydroxylation sites is 1. The van der Waals surface area contributed by atoms with Crippen LogP contribution in [0.5, 0.6) is 0 Å². The van der Waals surface area contributed by atoms with E-state index in [-0.39, 0.29) is 11.0 Å². The molecule has 0 heterocycles. The Kier molecular flexibility index (Phi) is 7.24. The maximum absolute atomic E-state index is 12.4. The van der Waals surface area contributed by atoms with E-state index >= 15 is 0 Å². The van der Waals surface area contributed by atoms with Crippen molar-refractivity contribution in [2.75, 3.05) is 10.6 Å². The summed E-state index contributed by atoms with van der Waals surface area (Å²) in [5.41, 5.74) is 6.91. The molecule has 2 amide bonds. The highest BCUT2D eigenvalue weighted by Crippen LogP contribution is 2.20. The first-order valence-corrected chi connectivity index (χ1v) is 9.87. The summed E-state index contributed by atoms with van der Waals surface area (Å²) < 4.78 is 0. The standard InChI is InChI=1S/C21H16Cl2N4O2S/c22-15-7-3-5-13(11-15)19(28)24-16-8-4-6-14(12-16)20(29)26-27-21(30)25-18-10-2-1-9-17(18)23/h1-12H,(H,24,28)(H,26,29)(H2,25,27,30). The van der Waals surface area contributed by atoms with E-state index in [9.17, 15) is 9.59 Å². The van der Waals surface area contributed by atoms with Crippen LogP contribution in [0.4, 0.5) is 11.4 Å². The van der Waals surface area contributed by atoms with Crippen LogP contribution in [-0.2, 0) is 0 Å². The number of anilines is 2. The van der Waals surface area contributed by atoms with Crippen LogP contribution in [-0.4, -0.2) is 16.9 Å². The quantitative estimate of drug-likeness (QED) is 0.331. The number of benzene rings is 3. The van der Waals surface area contributed by atoms with Crippen molar-refractivity contribution in [2.45, 2.75) is 0 Å². The van der Waals surface area contributed by atoms with E-state index in [1.165, 1.54) is 0 Å². The first-order valence-electron chi connectivity index (χ1n) is 8.71. The number of thiocarbonyl (C=S) groups is 1. The summed E-state index contributed by atoms with van der Waals surface area (Å²) in [6.07, 6.45) is 0. The molecule has 0 aliphatic heterocycles. The van der Waals surface area contributed by atoms with Gasteiger partial charge in [-0.15, -0.1) is 0 Å². The fourth-order valence-corrected chi connectivity index (χ4v) is 3.01. The van der Waals surface area contributed by atoms with Gasteiger partial charge in [0.25, 0.3) is 11.8 Å². The number of nitrogens with one attached hydrogen (secondary N) is 4. The Hall–Kier alpha value is -3.13. The van der Waals surface area contributed by atoms with Gasteiger partial charge in [0.05, 0.1) is 10.7 Å². The number of amides is 2. The Bertz CT molecular complexity index is 1110. The molecule has 30 heavy (non-hydrogen) atoms. The molecule has 0 spiro atoms. The van der Waals surface area contributed by atoms with E-state index in [2.05, 4.69) is 21.5 Å². The highest BCUT2D eigenvalue weighted by atomic mass is 35.5. The number of hydrogen-bond acceptors (Lipinski definition) is 3. The number of hydrogen-bond donors (Lipinski definition) is 4. The second kappa shape index (κ2) is 10.1. The summed E-state index contributed by atoms with van der Waals surface area (Å²) in [6.45, 7) is 0. The molecule has 0 radical (unpaired) electrons. The Labute approximate surface area is 188 Å². The van der Waals surface area contributed by atoms with Gasteiger partial charge in [-0.05, 0) is 60.7 Å². The molecule has 0 bridgehead atoms. The fourth-order valence-electron chi connectivity index (χ4n) is 2.47. The zero-order valence-corrected chi connectivity index (χ0v) is 17.7. The van der Waals surface area contributed by atoms with E-state index in [1.54, 1.807) is 72.8 Å². The molecule has 3 aromatic carbocycles. The van der Waals surface area contributed by atoms with Crippen molar-refractivity contribution >= 4 is 63.7 Å². The van der Waals surface area contributed by atoms with Crippen molar-refractivity contribution in [1.29, 1.82) is 0 Å². The molecule has 152 valence electrons. The number of rotatable bonds is 4. The lowest BCUT2D eigenvalue weighted by Crippen LogP contribution is -2.43. The monoisotopic (exact) mass is 458 g/mol. The summed E-state index contributed by atoms with van der Waals surface area (Å²) in [5.74, 6) is -0.768. The SMILES string of the molecule is O=C(NNC(=S)Nc1ccccc1Cl)c1cccc(NC(=O)c2cccc(Cl)c2)c1. The van der Waals surface area contributed by atoms with Gasteiger partial charge in [-0.25, -0.2) is 0 Å². The normalized spacial score (nSPS) is 10.1. The molecule has 3 aromatic rings. The maximum atomic E-state index is 12.4. The zero-order valence-electron chi connectivity index (χ0n) is 15.4. The predicted octanol–water partition coefficient (Wildman–Crippen LogP) is 4.88. The van der Waals surface area contributed by atoms with Crippen molar-refractivity contribution in [1.82, 2.24) is 10.9 Å². The van der Waals surface area contributed by atoms with Crippen LogP contribution in [0.1, 0.15) is 20.7 Å². The van der Waals surface area contributed by atoms with Gasteiger partial charge in [0.15, 0.2) is 5.11 Å². The summed E-state index contributed by atoms with van der Waals surface area (Å²) in [6, 6.07) is 20.1. The first-order chi connectivity index (χ1) is 14.4. The Balaban J connectivity index is 1.58. The molecule has 3 rings (SSSR count). The largest absolute Gasteiger partial charge is 0.330 e. The van der Waals surface area contributed by atoms with Crippen LogP contribution < -0.4 is 21.5 Å². The summed E-state index contributed by atoms with van der Waals surface area (Å²) in [7, 11) is 0. The van der Waals surface area contributed by atoms with E-state index in [4.69, 9.17) is 35.4 Å². The lowest BCUT2D eigenvalue weighted by molar-refractivity contribution is 0.0943. The van der Waals surface area contributed by atoms with Gasteiger partial charge in [-0.3, -0.25) is 20.4 Å². The van der Waals surface area contributed by atoms with Crippen molar-refractivity contribution in [3.63, 3.8) is 0 Å². The van der Waals surface area contributed by atoms with Gasteiger partial charge in [0, 0.05) is 21.8 Å². The molecular weight excluding hydrogens is 443 g/mol. The summed E-state index contributed by atoms with van der Waals surface area (Å²) >= 11 is 17.1. The van der Waals surface area contributed by atoms with Gasteiger partial charge in [-0.1, -0.05) is 47.5 Å². The first kappa shape index (κ1) is 21.6. The smallest absolute Gasteiger partial charge is 0.269 e. The topological polar surface area (TPSA) is 82.3 Å². The Morgan fingerprint density at radius 1 is 0.733 bits per heavy atom. The molecule has 0 atom stereocenters. The van der Waals surface area contributed by atoms with Gasteiger partial charge < -0.3 is 10.6 Å². The third-order valence-electron chi connectivity index (χ3n) is 3.88. The molecule has 0 fully saturated rings. The molecular formula is C21H16Cl2N4O2S. The van der Waals surface area contributed by atoms with Crippen molar-refractivity contribution in [3.05, 3.63) is 94.0 Å². The van der Waals surface area contributed by atoms with Gasteiger partial charge >= 0.3 is 0 Å². The molecule has 0 aliphatic rings. The maximum Gasteiger partial charge on any atom is 0.269 e. The lowest BCUT2D eigenvalue weighted by atomic mass is 10.1. The Morgan fingerprint density at radius 2 is 1.43 bits per heavy atom. The van der Waals surface area contributed by atoms with E-state index in [1.807, 2.05) is 0 Å². The van der Waals surface area contributed by atoms with E-state index in [0.29, 0.717) is 32.5 Å². The zero-order chi connectivity index (χ0) is 21.5. The van der Waals surface area contributed by atoms with Crippen molar-refractivity contribution in [2.24, 2.45) is 0 Å². The van der Waals surface area contributed by atoms with Crippen molar-refractivity contribution in [3.8, 4) is 0 Å². The minimum Gasteiger partial charge on any atom is -0.330 e. The number of carbonyl (C=O) groups is 2. The number of halogens is 2. The van der Waals surface area contributed by atoms with Crippen LogP contribution in [0.15, 0.2) is 72.8 Å². The highest BCUT2D eigenvalue weighted by Gasteiger charge is 2.10. The van der Waals surface area contributed by atoms with E-state index in [0.717, 1.165) is 0 Å². The molecule has 0 aliphatic carbocycles. The average Bonchev–Trinajstić information content (AvgIpc) is 2.74. The Morgan fingerprint density at radius 3 is 2.17 bits per heavy atom. The fraction of sp³-hybridized carbons (Fsp3) is 0. The van der Waals surface area contributed by atoms with Crippen LogP contribution in [0.3, 0.4) is 0 Å². The van der Waals surface area contributed by atoms with Crippen LogP contribution in [0, 0.1) is 0 Å². The molecule has 0 saturated heterocycles. The lowest BCUT2D eigenvalue weighted by Gasteiger charge is -2.13. The predicted molar refractivity (Wildman–Crippen MR) is 124 cm³/mol. The molecule has 0 saturated carbocycles. The summed E-state index contributed by atoms with van der Waals surface area (Å²) in [4.78, 5) is 24.7. The van der Waals surface area contributed by atoms with Gasteiger partial charge in [0.1, 0.15) is 0 Å². The summed E-state index contributed by atoms with van der Waals surface area (Å²) in [5, 5.41) is 6.74. The minimum atomic E-state index is -0.433. The van der Waals surface area contributed by atoms with Gasteiger partial charge in [0.2, 0.25) is 0 Å².